The van der Waals surface area contributed by atoms with Gasteiger partial charge in [-0.15, -0.1) is 0 Å². The molecule has 0 saturated heterocycles. The van der Waals surface area contributed by atoms with E-state index >= 15 is 0 Å². The highest BCUT2D eigenvalue weighted by Gasteiger charge is 2.37. The molecule has 0 atom stereocenters. The number of allylic oxidation sites excluding steroid dienone is 2. The van der Waals surface area contributed by atoms with Gasteiger partial charge in [-0.05, 0) is 29.8 Å². The molecule has 116 valence electrons. The highest BCUT2D eigenvalue weighted by molar-refractivity contribution is 9.10. The molecule has 0 radical (unpaired) electrons. The van der Waals surface area contributed by atoms with Gasteiger partial charge >= 0.3 is 6.18 Å². The minimum absolute atomic E-state index is 0.136. The van der Waals surface area contributed by atoms with E-state index in [4.69, 9.17) is 0 Å². The van der Waals surface area contributed by atoms with Crippen molar-refractivity contribution in [3.63, 3.8) is 0 Å². The molecule has 0 aliphatic rings. The van der Waals surface area contributed by atoms with Crippen LogP contribution >= 0.6 is 43.6 Å². The summed E-state index contributed by atoms with van der Waals surface area (Å²) in [6.45, 7) is 0. The van der Waals surface area contributed by atoms with Gasteiger partial charge in [0.05, 0.1) is 5.57 Å². The van der Waals surface area contributed by atoms with Crippen LogP contribution in [0.15, 0.2) is 68.9 Å². The van der Waals surface area contributed by atoms with E-state index in [1.165, 1.54) is 12.1 Å². The van der Waals surface area contributed by atoms with Crippen molar-refractivity contribution in [2.75, 3.05) is 5.33 Å². The highest BCUT2D eigenvalue weighted by Crippen LogP contribution is 2.42. The smallest absolute Gasteiger partial charge is 0.166 e. The number of halogens is 5. The van der Waals surface area contributed by atoms with Gasteiger partial charge in [-0.1, -0.05) is 74.0 Å². The van der Waals surface area contributed by atoms with E-state index in [9.17, 15) is 13.2 Å². The topological polar surface area (TPSA) is 0 Å². The number of thioether (sulfide) groups is 1. The Balaban J connectivity index is 2.51. The van der Waals surface area contributed by atoms with Gasteiger partial charge in [-0.25, -0.2) is 0 Å². The van der Waals surface area contributed by atoms with Crippen LogP contribution in [0.5, 0.6) is 0 Å². The van der Waals surface area contributed by atoms with Gasteiger partial charge < -0.3 is 0 Å². The maximum atomic E-state index is 13.5. The van der Waals surface area contributed by atoms with E-state index in [1.807, 2.05) is 6.07 Å². The summed E-state index contributed by atoms with van der Waals surface area (Å²) in [7, 11) is 0. The molecule has 0 aliphatic heterocycles. The molecule has 0 unspecified atom stereocenters. The first-order valence-corrected chi connectivity index (χ1v) is 9.00. The Kier molecular flexibility index (Phi) is 6.17. The SMILES string of the molecule is FC(F)(F)/C(=C(\CBr)Sc1ccccc1)c1ccc(Br)cc1. The average Bonchev–Trinajstić information content (AvgIpc) is 2.48. The summed E-state index contributed by atoms with van der Waals surface area (Å²) >= 11 is 7.56. The first-order chi connectivity index (χ1) is 10.4. The number of hydrogen-bond donors (Lipinski definition) is 0. The van der Waals surface area contributed by atoms with Crippen molar-refractivity contribution in [3.8, 4) is 0 Å². The van der Waals surface area contributed by atoms with E-state index in [0.29, 0.717) is 0 Å². The second kappa shape index (κ2) is 7.70. The summed E-state index contributed by atoms with van der Waals surface area (Å²) in [5, 5.41) is 0.136. The van der Waals surface area contributed by atoms with Crippen LogP contribution in [0, 0.1) is 0 Å². The van der Waals surface area contributed by atoms with E-state index in [-0.39, 0.29) is 15.8 Å². The normalized spacial score (nSPS) is 13.0. The summed E-state index contributed by atoms with van der Waals surface area (Å²) in [6, 6.07) is 15.2. The fourth-order valence-electron chi connectivity index (χ4n) is 1.88. The van der Waals surface area contributed by atoms with E-state index in [0.717, 1.165) is 21.1 Å². The van der Waals surface area contributed by atoms with Crippen LogP contribution in [-0.4, -0.2) is 11.5 Å². The Bertz CT molecular complexity index is 649. The molecule has 0 spiro atoms. The minimum atomic E-state index is -4.42. The van der Waals surface area contributed by atoms with E-state index in [1.54, 1.807) is 36.4 Å². The summed E-state index contributed by atoms with van der Waals surface area (Å²) in [5.41, 5.74) is -0.445. The molecule has 0 bridgehead atoms. The summed E-state index contributed by atoms with van der Waals surface area (Å²) in [5.74, 6) is 0. The molecule has 6 heteroatoms. The lowest BCUT2D eigenvalue weighted by atomic mass is 10.1. The van der Waals surface area contributed by atoms with Crippen LogP contribution in [-0.2, 0) is 0 Å². The second-order valence-corrected chi connectivity index (χ2v) is 7.00. The van der Waals surface area contributed by atoms with Gasteiger partial charge in [0.25, 0.3) is 0 Å². The van der Waals surface area contributed by atoms with Crippen molar-refractivity contribution in [2.24, 2.45) is 0 Å². The largest absolute Gasteiger partial charge is 0.417 e. The van der Waals surface area contributed by atoms with Gasteiger partial charge in [0.2, 0.25) is 0 Å². The Labute approximate surface area is 148 Å². The molecular weight excluding hydrogens is 441 g/mol. The number of hydrogen-bond acceptors (Lipinski definition) is 1. The zero-order valence-corrected chi connectivity index (χ0v) is 15.2. The summed E-state index contributed by atoms with van der Waals surface area (Å²) < 4.78 is 41.4. The quantitative estimate of drug-likeness (QED) is 0.359. The van der Waals surface area contributed by atoms with Crippen molar-refractivity contribution in [1.82, 2.24) is 0 Å². The Morgan fingerprint density at radius 2 is 1.55 bits per heavy atom. The lowest BCUT2D eigenvalue weighted by Gasteiger charge is -2.17. The van der Waals surface area contributed by atoms with Gasteiger partial charge in [0.1, 0.15) is 0 Å². The van der Waals surface area contributed by atoms with Crippen LogP contribution in [0.3, 0.4) is 0 Å². The van der Waals surface area contributed by atoms with Crippen molar-refractivity contribution in [3.05, 3.63) is 69.5 Å². The third-order valence-corrected chi connectivity index (χ3v) is 5.36. The lowest BCUT2D eigenvalue weighted by molar-refractivity contribution is -0.0691. The van der Waals surface area contributed by atoms with Crippen molar-refractivity contribution in [2.45, 2.75) is 11.1 Å². The predicted molar refractivity (Wildman–Crippen MR) is 93.2 cm³/mol. The fraction of sp³-hybridized carbons (Fsp3) is 0.125. The number of alkyl halides is 4. The molecule has 0 fully saturated rings. The van der Waals surface area contributed by atoms with Gasteiger partial charge in [-0.2, -0.15) is 13.2 Å². The van der Waals surface area contributed by atoms with Crippen molar-refractivity contribution < 1.29 is 13.2 Å². The highest BCUT2D eigenvalue weighted by atomic mass is 79.9. The monoisotopic (exact) mass is 450 g/mol. The zero-order valence-electron chi connectivity index (χ0n) is 11.2. The molecule has 2 aromatic carbocycles. The third kappa shape index (κ3) is 4.64. The average molecular weight is 452 g/mol. The lowest BCUT2D eigenvalue weighted by Crippen LogP contribution is -2.13. The molecule has 0 saturated carbocycles. The van der Waals surface area contributed by atoms with Crippen LogP contribution in [0.25, 0.3) is 5.57 Å². The maximum absolute atomic E-state index is 13.5. The van der Waals surface area contributed by atoms with Gasteiger partial charge in [0.15, 0.2) is 0 Å². The zero-order chi connectivity index (χ0) is 16.2. The number of rotatable bonds is 4. The Hall–Kier alpha value is -0.720. The van der Waals surface area contributed by atoms with E-state index in [2.05, 4.69) is 31.9 Å². The van der Waals surface area contributed by atoms with Crippen LogP contribution in [0.4, 0.5) is 13.2 Å². The van der Waals surface area contributed by atoms with Crippen molar-refractivity contribution in [1.29, 1.82) is 0 Å². The summed E-state index contributed by atoms with van der Waals surface area (Å²) in [6.07, 6.45) is -4.42. The molecule has 0 N–H and O–H groups in total. The van der Waals surface area contributed by atoms with Gasteiger partial charge in [0, 0.05) is 19.6 Å². The third-order valence-electron chi connectivity index (χ3n) is 2.80. The summed E-state index contributed by atoms with van der Waals surface area (Å²) in [4.78, 5) is 1.01. The van der Waals surface area contributed by atoms with Crippen molar-refractivity contribution >= 4 is 49.2 Å². The van der Waals surface area contributed by atoms with Crippen LogP contribution < -0.4 is 0 Å². The fourth-order valence-corrected chi connectivity index (χ4v) is 3.73. The molecule has 2 rings (SSSR count). The molecule has 2 aromatic rings. The molecule has 0 heterocycles. The Morgan fingerprint density at radius 3 is 2.05 bits per heavy atom. The van der Waals surface area contributed by atoms with Gasteiger partial charge in [-0.3, -0.25) is 0 Å². The Morgan fingerprint density at radius 1 is 0.955 bits per heavy atom. The maximum Gasteiger partial charge on any atom is 0.417 e. The first-order valence-electron chi connectivity index (χ1n) is 6.27. The molecule has 22 heavy (non-hydrogen) atoms. The molecule has 0 nitrogen and oxygen atoms in total. The first kappa shape index (κ1) is 17.6. The van der Waals surface area contributed by atoms with E-state index < -0.39 is 11.7 Å². The molecular formula is C16H11Br2F3S. The van der Waals surface area contributed by atoms with Crippen LogP contribution in [0.2, 0.25) is 0 Å². The van der Waals surface area contributed by atoms with Crippen LogP contribution in [0.1, 0.15) is 5.56 Å². The minimum Gasteiger partial charge on any atom is -0.166 e. The predicted octanol–water partition coefficient (Wildman–Crippen LogP) is 6.91. The molecule has 0 aromatic heterocycles. The second-order valence-electron chi connectivity index (χ2n) is 4.35. The molecule has 0 amide bonds. The molecule has 0 aliphatic carbocycles. The number of benzene rings is 2. The standard InChI is InChI=1S/C16H11Br2F3S/c17-10-14(22-13-4-2-1-3-5-13)15(16(19,20)21)11-6-8-12(18)9-7-11/h1-9H,10H2/b15-14+.